The second-order valence-electron chi connectivity index (χ2n) is 6.60. The van der Waals surface area contributed by atoms with Crippen LogP contribution >= 0.6 is 0 Å². The van der Waals surface area contributed by atoms with Gasteiger partial charge in [0.05, 0.1) is 11.2 Å². The molecule has 2 saturated heterocycles. The number of nitrogens with zero attached hydrogens (tertiary/aromatic N) is 1. The monoisotopic (exact) mass is 254 g/mol. The molecule has 0 aromatic rings. The van der Waals surface area contributed by atoms with Crippen molar-refractivity contribution in [3.8, 4) is 0 Å². The van der Waals surface area contributed by atoms with Crippen LogP contribution in [0.3, 0.4) is 0 Å². The SMILES string of the molecule is CN(CC1(O)CCNC1)C1CCOC2(CCC2)C1. The Morgan fingerprint density at radius 1 is 1.39 bits per heavy atom. The van der Waals surface area contributed by atoms with Gasteiger partial charge in [0.2, 0.25) is 0 Å². The lowest BCUT2D eigenvalue weighted by Crippen LogP contribution is -2.54. The van der Waals surface area contributed by atoms with Crippen LogP contribution in [0.25, 0.3) is 0 Å². The predicted octanol–water partition coefficient (Wildman–Crippen LogP) is 0.744. The van der Waals surface area contributed by atoms with Gasteiger partial charge in [0.1, 0.15) is 0 Å². The van der Waals surface area contributed by atoms with Crippen molar-refractivity contribution >= 4 is 0 Å². The Labute approximate surface area is 110 Å². The number of rotatable bonds is 3. The average Bonchev–Trinajstić information content (AvgIpc) is 2.74. The molecule has 104 valence electrons. The van der Waals surface area contributed by atoms with E-state index in [0.29, 0.717) is 6.04 Å². The number of likely N-dealkylation sites (N-methyl/N-ethyl adjacent to an activating group) is 1. The zero-order valence-electron chi connectivity index (χ0n) is 11.5. The topological polar surface area (TPSA) is 44.7 Å². The summed E-state index contributed by atoms with van der Waals surface area (Å²) in [6.07, 6.45) is 6.96. The molecule has 0 bridgehead atoms. The Morgan fingerprint density at radius 2 is 2.22 bits per heavy atom. The minimum absolute atomic E-state index is 0.202. The first-order valence-corrected chi connectivity index (χ1v) is 7.38. The number of β-amino-alcohol motifs (C(OH)–C–C–N with tert-alkyl or cyclic N) is 1. The Balaban J connectivity index is 1.56. The quantitative estimate of drug-likeness (QED) is 0.780. The summed E-state index contributed by atoms with van der Waals surface area (Å²) in [7, 11) is 2.17. The Morgan fingerprint density at radius 3 is 2.83 bits per heavy atom. The van der Waals surface area contributed by atoms with E-state index >= 15 is 0 Å². The molecule has 1 spiro atoms. The van der Waals surface area contributed by atoms with Gasteiger partial charge in [-0.3, -0.25) is 0 Å². The summed E-state index contributed by atoms with van der Waals surface area (Å²) in [5.41, 5.74) is -0.312. The molecule has 0 radical (unpaired) electrons. The maximum Gasteiger partial charge on any atom is 0.0909 e. The Hall–Kier alpha value is -0.160. The Kier molecular flexibility index (Phi) is 3.39. The number of aliphatic hydroxyl groups is 1. The zero-order chi connectivity index (χ0) is 12.6. The largest absolute Gasteiger partial charge is 0.387 e. The summed E-state index contributed by atoms with van der Waals surface area (Å²) >= 11 is 0. The molecule has 3 rings (SSSR count). The fourth-order valence-corrected chi connectivity index (χ4v) is 3.76. The second kappa shape index (κ2) is 4.75. The molecule has 0 aromatic heterocycles. The van der Waals surface area contributed by atoms with E-state index in [-0.39, 0.29) is 5.60 Å². The van der Waals surface area contributed by atoms with Gasteiger partial charge in [-0.15, -0.1) is 0 Å². The van der Waals surface area contributed by atoms with E-state index in [9.17, 15) is 5.11 Å². The first-order valence-electron chi connectivity index (χ1n) is 7.38. The second-order valence-corrected chi connectivity index (χ2v) is 6.60. The van der Waals surface area contributed by atoms with E-state index in [0.717, 1.165) is 45.5 Å². The van der Waals surface area contributed by atoms with E-state index in [1.807, 2.05) is 0 Å². The molecule has 2 heterocycles. The zero-order valence-corrected chi connectivity index (χ0v) is 11.5. The maximum absolute atomic E-state index is 10.5. The number of nitrogens with one attached hydrogen (secondary N) is 1. The molecule has 0 aromatic carbocycles. The van der Waals surface area contributed by atoms with Crippen molar-refractivity contribution in [1.29, 1.82) is 0 Å². The van der Waals surface area contributed by atoms with Gasteiger partial charge in [0, 0.05) is 25.7 Å². The van der Waals surface area contributed by atoms with Crippen LogP contribution in [-0.4, -0.2) is 60.5 Å². The number of hydrogen-bond acceptors (Lipinski definition) is 4. The van der Waals surface area contributed by atoms with Crippen molar-refractivity contribution in [3.05, 3.63) is 0 Å². The molecule has 3 fully saturated rings. The van der Waals surface area contributed by atoms with Gasteiger partial charge in [0.25, 0.3) is 0 Å². The van der Waals surface area contributed by atoms with Gasteiger partial charge < -0.3 is 20.1 Å². The molecule has 4 nitrogen and oxygen atoms in total. The highest BCUT2D eigenvalue weighted by Crippen LogP contribution is 2.43. The first-order chi connectivity index (χ1) is 8.61. The standard InChI is InChI=1S/C14H26N2O2/c1-16(11-13(17)6-7-15-10-13)12-3-8-18-14(9-12)4-2-5-14/h12,15,17H,2-11H2,1H3. The number of hydrogen-bond donors (Lipinski definition) is 2. The van der Waals surface area contributed by atoms with Crippen molar-refractivity contribution in [3.63, 3.8) is 0 Å². The fourth-order valence-electron chi connectivity index (χ4n) is 3.76. The normalized spacial score (nSPS) is 39.2. The van der Waals surface area contributed by atoms with E-state index < -0.39 is 5.60 Å². The molecule has 4 heteroatoms. The highest BCUT2D eigenvalue weighted by Gasteiger charge is 2.44. The first kappa shape index (κ1) is 12.9. The van der Waals surface area contributed by atoms with Gasteiger partial charge >= 0.3 is 0 Å². The predicted molar refractivity (Wildman–Crippen MR) is 70.6 cm³/mol. The van der Waals surface area contributed by atoms with Crippen molar-refractivity contribution < 1.29 is 9.84 Å². The molecule has 18 heavy (non-hydrogen) atoms. The summed E-state index contributed by atoms with van der Waals surface area (Å²) in [6, 6.07) is 0.587. The van der Waals surface area contributed by atoms with Gasteiger partial charge in [-0.25, -0.2) is 0 Å². The smallest absolute Gasteiger partial charge is 0.0909 e. The highest BCUT2D eigenvalue weighted by atomic mass is 16.5. The average molecular weight is 254 g/mol. The van der Waals surface area contributed by atoms with E-state index in [1.54, 1.807) is 0 Å². The van der Waals surface area contributed by atoms with Gasteiger partial charge in [0.15, 0.2) is 0 Å². The van der Waals surface area contributed by atoms with Crippen molar-refractivity contribution in [2.45, 2.75) is 55.8 Å². The fraction of sp³-hybridized carbons (Fsp3) is 1.00. The van der Waals surface area contributed by atoms with Crippen LogP contribution in [0.4, 0.5) is 0 Å². The molecule has 3 aliphatic rings. The summed E-state index contributed by atoms with van der Waals surface area (Å²) in [5, 5.41) is 13.7. The summed E-state index contributed by atoms with van der Waals surface area (Å²) < 4.78 is 5.98. The summed E-state index contributed by atoms with van der Waals surface area (Å²) in [5.74, 6) is 0. The molecule has 2 unspecified atom stereocenters. The third-order valence-corrected chi connectivity index (χ3v) is 5.12. The lowest BCUT2D eigenvalue weighted by atomic mass is 9.73. The third-order valence-electron chi connectivity index (χ3n) is 5.12. The lowest BCUT2D eigenvalue weighted by Gasteiger charge is -2.49. The minimum atomic E-state index is -0.514. The van der Waals surface area contributed by atoms with Crippen LogP contribution in [0.1, 0.15) is 38.5 Å². The summed E-state index contributed by atoms with van der Waals surface area (Å²) in [6.45, 7) is 3.38. The van der Waals surface area contributed by atoms with E-state index in [1.165, 1.54) is 19.3 Å². The van der Waals surface area contributed by atoms with Gasteiger partial charge in [-0.2, -0.15) is 0 Å². The van der Waals surface area contributed by atoms with Crippen LogP contribution in [0.2, 0.25) is 0 Å². The van der Waals surface area contributed by atoms with Gasteiger partial charge in [-0.05, 0) is 52.1 Å². The molecule has 2 aliphatic heterocycles. The molecular weight excluding hydrogens is 228 g/mol. The Bertz CT molecular complexity index is 298. The molecule has 2 N–H and O–H groups in total. The van der Waals surface area contributed by atoms with E-state index in [2.05, 4.69) is 17.3 Å². The van der Waals surface area contributed by atoms with Crippen molar-refractivity contribution in [1.82, 2.24) is 10.2 Å². The van der Waals surface area contributed by atoms with Crippen LogP contribution in [0.15, 0.2) is 0 Å². The van der Waals surface area contributed by atoms with Crippen molar-refractivity contribution in [2.24, 2.45) is 0 Å². The molecule has 2 atom stereocenters. The number of ether oxygens (including phenoxy) is 1. The van der Waals surface area contributed by atoms with Crippen LogP contribution in [0.5, 0.6) is 0 Å². The van der Waals surface area contributed by atoms with Crippen LogP contribution in [0, 0.1) is 0 Å². The lowest BCUT2D eigenvalue weighted by molar-refractivity contribution is -0.150. The minimum Gasteiger partial charge on any atom is -0.387 e. The third kappa shape index (κ3) is 2.44. The highest BCUT2D eigenvalue weighted by molar-refractivity contribution is 4.98. The molecular formula is C14H26N2O2. The molecule has 1 saturated carbocycles. The molecule has 0 amide bonds. The van der Waals surface area contributed by atoms with Crippen molar-refractivity contribution in [2.75, 3.05) is 33.3 Å². The van der Waals surface area contributed by atoms with E-state index in [4.69, 9.17) is 4.74 Å². The van der Waals surface area contributed by atoms with Crippen LogP contribution in [-0.2, 0) is 4.74 Å². The maximum atomic E-state index is 10.5. The van der Waals surface area contributed by atoms with Crippen LogP contribution < -0.4 is 5.32 Å². The summed E-state index contributed by atoms with van der Waals surface area (Å²) in [4.78, 5) is 2.37. The van der Waals surface area contributed by atoms with Gasteiger partial charge in [-0.1, -0.05) is 0 Å². The molecule has 1 aliphatic carbocycles.